The molecule has 142 valence electrons. The van der Waals surface area contributed by atoms with Crippen LogP contribution in [0.5, 0.6) is 0 Å². The Morgan fingerprint density at radius 2 is 1.85 bits per heavy atom. The Bertz CT molecular complexity index is 705. The van der Waals surface area contributed by atoms with Crippen LogP contribution in [0.3, 0.4) is 0 Å². The largest absolute Gasteiger partial charge is 0.361 e. The zero-order valence-corrected chi connectivity index (χ0v) is 15.7. The maximum atomic E-state index is 12.7. The van der Waals surface area contributed by atoms with E-state index in [0.717, 1.165) is 55.8 Å². The molecule has 3 rings (SSSR count). The number of primary amides is 1. The number of nitrogens with two attached hydrogens (primary N) is 1. The molecule has 3 amide bonds. The molecule has 1 aliphatic carbocycles. The highest BCUT2D eigenvalue weighted by Gasteiger charge is 2.29. The van der Waals surface area contributed by atoms with Gasteiger partial charge in [-0.2, -0.15) is 0 Å². The minimum absolute atomic E-state index is 0.211. The van der Waals surface area contributed by atoms with Crippen LogP contribution in [-0.4, -0.2) is 53.3 Å². The summed E-state index contributed by atoms with van der Waals surface area (Å²) in [7, 11) is 2.06. The van der Waals surface area contributed by atoms with Crippen molar-refractivity contribution in [1.82, 2.24) is 20.5 Å². The molecule has 0 unspecified atom stereocenters. The molecular weight excluding hydrogens is 354 g/mol. The van der Waals surface area contributed by atoms with E-state index in [2.05, 4.69) is 27.6 Å². The number of aromatic nitrogens is 1. The van der Waals surface area contributed by atoms with Gasteiger partial charge in [0, 0.05) is 36.5 Å². The molecule has 26 heavy (non-hydrogen) atoms. The van der Waals surface area contributed by atoms with Gasteiger partial charge in [0.15, 0.2) is 5.01 Å². The van der Waals surface area contributed by atoms with Crippen LogP contribution in [0.15, 0.2) is 0 Å². The number of carbonyl (C=O) groups is 3. The Hall–Kier alpha value is -2.00. The van der Waals surface area contributed by atoms with E-state index in [4.69, 9.17) is 5.73 Å². The van der Waals surface area contributed by atoms with Gasteiger partial charge < -0.3 is 21.3 Å². The number of thiazole rings is 1. The topological polar surface area (TPSA) is 117 Å². The first-order valence-electron chi connectivity index (χ1n) is 9.02. The maximum absolute atomic E-state index is 12.7. The van der Waals surface area contributed by atoms with Gasteiger partial charge in [-0.25, -0.2) is 4.98 Å². The maximum Gasteiger partial charge on any atom is 0.309 e. The minimum Gasteiger partial charge on any atom is -0.361 e. The van der Waals surface area contributed by atoms with Crippen molar-refractivity contribution < 1.29 is 14.4 Å². The normalized spacial score (nSPS) is 23.6. The predicted octanol–water partition coefficient (Wildman–Crippen LogP) is 0.164. The molecular formula is C17H25N5O3S. The van der Waals surface area contributed by atoms with Crippen molar-refractivity contribution in [3.8, 4) is 0 Å². The molecule has 0 saturated heterocycles. The van der Waals surface area contributed by atoms with Gasteiger partial charge in [0.05, 0.1) is 5.69 Å². The summed E-state index contributed by atoms with van der Waals surface area (Å²) >= 11 is 1.43. The van der Waals surface area contributed by atoms with Crippen molar-refractivity contribution in [3.63, 3.8) is 0 Å². The summed E-state index contributed by atoms with van der Waals surface area (Å²) in [6.45, 7) is 1.77. The summed E-state index contributed by atoms with van der Waals surface area (Å²) in [5.74, 6) is -2.02. The highest BCUT2D eigenvalue weighted by molar-refractivity contribution is 7.13. The number of fused-ring (bicyclic) bond motifs is 1. The van der Waals surface area contributed by atoms with E-state index in [1.807, 2.05) is 0 Å². The zero-order chi connectivity index (χ0) is 18.7. The number of hydrogen-bond donors (Lipinski definition) is 3. The van der Waals surface area contributed by atoms with E-state index in [1.165, 1.54) is 11.3 Å². The van der Waals surface area contributed by atoms with Crippen molar-refractivity contribution in [3.05, 3.63) is 15.6 Å². The van der Waals surface area contributed by atoms with Crippen LogP contribution < -0.4 is 16.4 Å². The van der Waals surface area contributed by atoms with Crippen molar-refractivity contribution in [2.24, 2.45) is 5.73 Å². The highest BCUT2D eigenvalue weighted by Crippen LogP contribution is 2.25. The summed E-state index contributed by atoms with van der Waals surface area (Å²) in [6.07, 6.45) is 5.26. The summed E-state index contributed by atoms with van der Waals surface area (Å²) in [5, 5.41) is 6.15. The molecule has 9 heteroatoms. The first-order chi connectivity index (χ1) is 12.4. The highest BCUT2D eigenvalue weighted by atomic mass is 32.1. The van der Waals surface area contributed by atoms with Crippen LogP contribution in [0.2, 0.25) is 0 Å². The zero-order valence-electron chi connectivity index (χ0n) is 14.9. The van der Waals surface area contributed by atoms with E-state index in [9.17, 15) is 14.4 Å². The predicted molar refractivity (Wildman–Crippen MR) is 97.6 cm³/mol. The number of nitrogens with zero attached hydrogens (tertiary/aromatic N) is 2. The van der Waals surface area contributed by atoms with Gasteiger partial charge in [0.2, 0.25) is 0 Å². The smallest absolute Gasteiger partial charge is 0.309 e. The number of rotatable bonds is 3. The molecule has 1 saturated carbocycles. The lowest BCUT2D eigenvalue weighted by Crippen LogP contribution is -2.53. The lowest BCUT2D eigenvalue weighted by atomic mass is 10.0. The fraction of sp³-hybridized carbons (Fsp3) is 0.647. The van der Waals surface area contributed by atoms with Crippen LogP contribution in [0.25, 0.3) is 0 Å². The van der Waals surface area contributed by atoms with Crippen LogP contribution in [0.1, 0.15) is 52.5 Å². The van der Waals surface area contributed by atoms with Crippen LogP contribution >= 0.6 is 11.3 Å². The van der Waals surface area contributed by atoms with Gasteiger partial charge in [-0.3, -0.25) is 14.4 Å². The quantitative estimate of drug-likeness (QED) is 0.511. The molecule has 0 spiro atoms. The average molecular weight is 379 g/mol. The van der Waals surface area contributed by atoms with E-state index >= 15 is 0 Å². The first-order valence-corrected chi connectivity index (χ1v) is 9.84. The summed E-state index contributed by atoms with van der Waals surface area (Å²) in [4.78, 5) is 43.3. The lowest BCUT2D eigenvalue weighted by Gasteiger charge is -2.26. The third-order valence-corrected chi connectivity index (χ3v) is 6.07. The Balaban J connectivity index is 1.69. The minimum atomic E-state index is -1.00. The lowest BCUT2D eigenvalue weighted by molar-refractivity contribution is -0.137. The first kappa shape index (κ1) is 18.8. The third-order valence-electron chi connectivity index (χ3n) is 4.99. The molecule has 1 aromatic rings. The SMILES string of the molecule is CN1CCc2nc(C(=O)N[C@@H]3CCCCC[C@H]3NC(=O)C(N)=O)sc2C1. The average Bonchev–Trinajstić information content (AvgIpc) is 2.90. The van der Waals surface area contributed by atoms with Gasteiger partial charge in [-0.1, -0.05) is 19.3 Å². The van der Waals surface area contributed by atoms with E-state index in [0.29, 0.717) is 11.4 Å². The van der Waals surface area contributed by atoms with Gasteiger partial charge in [-0.15, -0.1) is 11.3 Å². The standard InChI is InChI=1S/C17H25N5O3S/c1-22-8-7-12-13(9-22)26-17(21-12)16(25)20-11-6-4-2-3-5-10(11)19-15(24)14(18)23/h10-11H,2-9H2,1H3,(H2,18,23)(H,19,24)(H,20,25)/t10-,11-/m1/s1. The van der Waals surface area contributed by atoms with Crippen LogP contribution in [0.4, 0.5) is 0 Å². The molecule has 8 nitrogen and oxygen atoms in total. The Labute approximate surface area is 156 Å². The monoisotopic (exact) mass is 379 g/mol. The van der Waals surface area contributed by atoms with Crippen molar-refractivity contribution >= 4 is 29.1 Å². The second-order valence-electron chi connectivity index (χ2n) is 7.04. The number of hydrogen-bond acceptors (Lipinski definition) is 6. The van der Waals surface area contributed by atoms with Crippen LogP contribution in [0, 0.1) is 0 Å². The Morgan fingerprint density at radius 3 is 2.54 bits per heavy atom. The number of likely N-dealkylation sites (N-methyl/N-ethyl adjacent to an activating group) is 1. The molecule has 0 aromatic carbocycles. The summed E-state index contributed by atoms with van der Waals surface area (Å²) in [6, 6.07) is -0.515. The van der Waals surface area contributed by atoms with E-state index < -0.39 is 11.8 Å². The van der Waals surface area contributed by atoms with Crippen molar-refractivity contribution in [2.45, 2.75) is 57.2 Å². The molecule has 4 N–H and O–H groups in total. The molecule has 2 heterocycles. The van der Waals surface area contributed by atoms with E-state index in [-0.39, 0.29) is 18.0 Å². The van der Waals surface area contributed by atoms with Gasteiger partial charge >= 0.3 is 11.8 Å². The Morgan fingerprint density at radius 1 is 1.15 bits per heavy atom. The molecule has 1 fully saturated rings. The van der Waals surface area contributed by atoms with Crippen molar-refractivity contribution in [1.29, 1.82) is 0 Å². The van der Waals surface area contributed by atoms with Crippen molar-refractivity contribution in [2.75, 3.05) is 13.6 Å². The molecule has 0 bridgehead atoms. The van der Waals surface area contributed by atoms with E-state index in [1.54, 1.807) is 0 Å². The molecule has 2 aliphatic rings. The molecule has 2 atom stereocenters. The van der Waals surface area contributed by atoms with Gasteiger partial charge in [0.25, 0.3) is 5.91 Å². The van der Waals surface area contributed by atoms with Crippen LogP contribution in [-0.2, 0) is 22.6 Å². The molecule has 0 radical (unpaired) electrons. The summed E-state index contributed by atoms with van der Waals surface area (Å²) < 4.78 is 0. The molecule has 1 aliphatic heterocycles. The third kappa shape index (κ3) is 4.39. The number of amides is 3. The van der Waals surface area contributed by atoms with Gasteiger partial charge in [0.1, 0.15) is 0 Å². The summed E-state index contributed by atoms with van der Waals surface area (Å²) in [5.41, 5.74) is 6.06. The fourth-order valence-electron chi connectivity index (χ4n) is 3.54. The Kier molecular flexibility index (Phi) is 5.87. The fourth-order valence-corrected chi connectivity index (χ4v) is 4.63. The van der Waals surface area contributed by atoms with Gasteiger partial charge in [-0.05, 0) is 19.9 Å². The number of carbonyl (C=O) groups excluding carboxylic acids is 3. The molecule has 1 aromatic heterocycles. The number of nitrogens with one attached hydrogen (secondary N) is 2. The second kappa shape index (κ2) is 8.13. The second-order valence-corrected chi connectivity index (χ2v) is 8.12.